The van der Waals surface area contributed by atoms with E-state index in [1.54, 1.807) is 35.4 Å². The van der Waals surface area contributed by atoms with Crippen LogP contribution in [0.3, 0.4) is 0 Å². The molecule has 0 bridgehead atoms. The second-order valence-electron chi connectivity index (χ2n) is 3.56. The summed E-state index contributed by atoms with van der Waals surface area (Å²) in [6.07, 6.45) is -4.62. The Morgan fingerprint density at radius 3 is 2.55 bits per heavy atom. The number of H-pyrrole nitrogens is 1. The Morgan fingerprint density at radius 1 is 1.30 bits per heavy atom. The Hall–Kier alpha value is -2.89. The number of benzene rings is 1. The molecule has 0 saturated carbocycles. The van der Waals surface area contributed by atoms with Gasteiger partial charge in [0.1, 0.15) is 6.07 Å². The molecule has 1 aromatic heterocycles. The Balaban J connectivity index is 2.16. The summed E-state index contributed by atoms with van der Waals surface area (Å²) in [7, 11) is 0. The average molecular weight is 280 g/mol. The van der Waals surface area contributed by atoms with Crippen molar-refractivity contribution in [3.8, 4) is 6.07 Å². The van der Waals surface area contributed by atoms with Gasteiger partial charge in [-0.25, -0.2) is 5.43 Å². The Bertz CT molecular complexity index is 653. The zero-order valence-electron chi connectivity index (χ0n) is 9.81. The Kier molecular flexibility index (Phi) is 3.65. The van der Waals surface area contributed by atoms with Crippen LogP contribution < -0.4 is 5.43 Å². The monoisotopic (exact) mass is 280 g/mol. The molecule has 1 aromatic carbocycles. The van der Waals surface area contributed by atoms with Crippen LogP contribution in [0.2, 0.25) is 0 Å². The highest BCUT2D eigenvalue weighted by atomic mass is 19.4. The first-order chi connectivity index (χ1) is 9.50. The van der Waals surface area contributed by atoms with Gasteiger partial charge in [-0.05, 0) is 0 Å². The number of aromatic amines is 1. The molecule has 1 heterocycles. The molecule has 0 unspecified atom stereocenters. The first-order valence-electron chi connectivity index (χ1n) is 5.29. The van der Waals surface area contributed by atoms with Crippen molar-refractivity contribution in [3.63, 3.8) is 0 Å². The maximum Gasteiger partial charge on any atom is 0.451 e. The fraction of sp³-hybridized carbons (Fsp3) is 0.0909. The van der Waals surface area contributed by atoms with Crippen LogP contribution in [-0.2, 0) is 6.18 Å². The predicted octanol–water partition coefficient (Wildman–Crippen LogP) is 2.16. The third-order valence-electron chi connectivity index (χ3n) is 2.17. The first kappa shape index (κ1) is 13.5. The van der Waals surface area contributed by atoms with Crippen LogP contribution in [0.15, 0.2) is 35.4 Å². The number of halogens is 3. The third kappa shape index (κ3) is 3.11. The summed E-state index contributed by atoms with van der Waals surface area (Å²) >= 11 is 0. The lowest BCUT2D eigenvalue weighted by Crippen LogP contribution is -2.07. The average Bonchev–Trinajstić information content (AvgIpc) is 2.89. The number of hydrazone groups is 1. The minimum absolute atomic E-state index is 0.00367. The first-order valence-corrected chi connectivity index (χ1v) is 5.29. The third-order valence-corrected chi connectivity index (χ3v) is 2.17. The molecule has 0 radical (unpaired) electrons. The summed E-state index contributed by atoms with van der Waals surface area (Å²) < 4.78 is 36.8. The van der Waals surface area contributed by atoms with Crippen LogP contribution in [0.25, 0.3) is 0 Å². The van der Waals surface area contributed by atoms with Crippen molar-refractivity contribution in [2.45, 2.75) is 6.18 Å². The lowest BCUT2D eigenvalue weighted by Gasteiger charge is -1.99. The SMILES string of the molecule is N#C/C(=N\Nc1n[nH]c(C(F)(F)F)n1)c1ccccc1. The maximum absolute atomic E-state index is 12.3. The Labute approximate surface area is 111 Å². The summed E-state index contributed by atoms with van der Waals surface area (Å²) in [5.41, 5.74) is 2.72. The predicted molar refractivity (Wildman–Crippen MR) is 63.6 cm³/mol. The van der Waals surface area contributed by atoms with Gasteiger partial charge in [0.05, 0.1) is 0 Å². The smallest absolute Gasteiger partial charge is 0.253 e. The van der Waals surface area contributed by atoms with E-state index in [4.69, 9.17) is 5.26 Å². The summed E-state index contributed by atoms with van der Waals surface area (Å²) in [5.74, 6) is -1.62. The fourth-order valence-corrected chi connectivity index (χ4v) is 1.29. The number of rotatable bonds is 3. The van der Waals surface area contributed by atoms with Crippen molar-refractivity contribution in [1.29, 1.82) is 5.26 Å². The highest BCUT2D eigenvalue weighted by Gasteiger charge is 2.35. The van der Waals surface area contributed by atoms with Gasteiger partial charge in [0.2, 0.25) is 5.82 Å². The summed E-state index contributed by atoms with van der Waals surface area (Å²) in [4.78, 5) is 3.16. The van der Waals surface area contributed by atoms with E-state index in [0.717, 1.165) is 0 Å². The van der Waals surface area contributed by atoms with E-state index >= 15 is 0 Å². The van der Waals surface area contributed by atoms with Crippen molar-refractivity contribution in [2.75, 3.05) is 5.43 Å². The van der Waals surface area contributed by atoms with Gasteiger partial charge in [-0.3, -0.25) is 5.10 Å². The second-order valence-corrected chi connectivity index (χ2v) is 3.56. The number of hydrogen-bond acceptors (Lipinski definition) is 5. The van der Waals surface area contributed by atoms with Crippen molar-refractivity contribution in [3.05, 3.63) is 41.7 Å². The molecule has 0 saturated heterocycles. The molecule has 0 aliphatic heterocycles. The molecule has 6 nitrogen and oxygen atoms in total. The fourth-order valence-electron chi connectivity index (χ4n) is 1.29. The van der Waals surface area contributed by atoms with Crippen LogP contribution in [0.5, 0.6) is 0 Å². The van der Waals surface area contributed by atoms with Crippen molar-refractivity contribution >= 4 is 11.7 Å². The van der Waals surface area contributed by atoms with E-state index in [-0.39, 0.29) is 11.7 Å². The number of nitriles is 1. The van der Waals surface area contributed by atoms with Gasteiger partial charge < -0.3 is 0 Å². The van der Waals surface area contributed by atoms with Gasteiger partial charge in [0, 0.05) is 5.56 Å². The van der Waals surface area contributed by atoms with E-state index in [2.05, 4.69) is 20.6 Å². The van der Waals surface area contributed by atoms with E-state index in [9.17, 15) is 13.2 Å². The quantitative estimate of drug-likeness (QED) is 0.666. The molecular weight excluding hydrogens is 273 g/mol. The number of alkyl halides is 3. The van der Waals surface area contributed by atoms with E-state index in [1.807, 2.05) is 6.07 Å². The van der Waals surface area contributed by atoms with Crippen LogP contribution in [0.4, 0.5) is 19.1 Å². The zero-order valence-corrected chi connectivity index (χ0v) is 9.81. The maximum atomic E-state index is 12.3. The normalized spacial score (nSPS) is 12.0. The highest BCUT2D eigenvalue weighted by Crippen LogP contribution is 2.26. The topological polar surface area (TPSA) is 89.8 Å². The van der Waals surface area contributed by atoms with Crippen molar-refractivity contribution < 1.29 is 13.2 Å². The lowest BCUT2D eigenvalue weighted by atomic mass is 10.1. The van der Waals surface area contributed by atoms with E-state index in [0.29, 0.717) is 5.56 Å². The standard InChI is InChI=1S/C11H7F3N6/c12-11(13,14)9-16-10(20-18-9)19-17-8(6-15)7-4-2-1-3-5-7/h1-5H,(H2,16,18,19,20)/b17-8+. The molecule has 0 aliphatic carbocycles. The highest BCUT2D eigenvalue weighted by molar-refractivity contribution is 6.11. The van der Waals surface area contributed by atoms with Gasteiger partial charge >= 0.3 is 6.18 Å². The van der Waals surface area contributed by atoms with Gasteiger partial charge in [-0.15, -0.1) is 5.10 Å². The minimum atomic E-state index is -4.62. The van der Waals surface area contributed by atoms with Crippen LogP contribution in [0.1, 0.15) is 11.4 Å². The molecule has 2 aromatic rings. The molecule has 9 heteroatoms. The van der Waals surface area contributed by atoms with Crippen molar-refractivity contribution in [1.82, 2.24) is 15.2 Å². The molecule has 2 N–H and O–H groups in total. The molecule has 102 valence electrons. The van der Waals surface area contributed by atoms with Gasteiger partial charge in [0.15, 0.2) is 5.71 Å². The van der Waals surface area contributed by atoms with Gasteiger partial charge in [-0.1, -0.05) is 30.3 Å². The molecule has 0 aliphatic rings. The molecule has 0 amide bonds. The molecule has 0 atom stereocenters. The molecule has 20 heavy (non-hydrogen) atoms. The van der Waals surface area contributed by atoms with E-state index in [1.165, 1.54) is 0 Å². The molecule has 0 spiro atoms. The van der Waals surface area contributed by atoms with Crippen LogP contribution >= 0.6 is 0 Å². The molecule has 0 fully saturated rings. The van der Waals surface area contributed by atoms with Crippen LogP contribution in [0, 0.1) is 11.3 Å². The summed E-state index contributed by atoms with van der Waals surface area (Å²) in [6, 6.07) is 10.3. The van der Waals surface area contributed by atoms with Crippen LogP contribution in [-0.4, -0.2) is 20.9 Å². The molecule has 2 rings (SSSR count). The lowest BCUT2D eigenvalue weighted by molar-refractivity contribution is -0.144. The second kappa shape index (κ2) is 5.40. The number of nitrogens with one attached hydrogen (secondary N) is 2. The Morgan fingerprint density at radius 2 is 2.00 bits per heavy atom. The summed E-state index contributed by atoms with van der Waals surface area (Å²) in [6.45, 7) is 0. The zero-order chi connectivity index (χ0) is 14.6. The van der Waals surface area contributed by atoms with Crippen molar-refractivity contribution in [2.24, 2.45) is 5.10 Å². The minimum Gasteiger partial charge on any atom is -0.253 e. The number of nitrogens with zero attached hydrogens (tertiary/aromatic N) is 4. The summed E-state index contributed by atoms with van der Waals surface area (Å²) in [5, 5.41) is 17.6. The number of hydrogen-bond donors (Lipinski definition) is 2. The number of aromatic nitrogens is 3. The van der Waals surface area contributed by atoms with E-state index < -0.39 is 12.0 Å². The largest absolute Gasteiger partial charge is 0.451 e. The van der Waals surface area contributed by atoms with Gasteiger partial charge in [0.25, 0.3) is 5.95 Å². The molecular formula is C11H7F3N6. The van der Waals surface area contributed by atoms with Gasteiger partial charge in [-0.2, -0.15) is 28.5 Å². The number of anilines is 1.